The Hall–Kier alpha value is -1.28. The molecule has 102 valence electrons. The molecule has 1 N–H and O–H groups in total. The zero-order valence-corrected chi connectivity index (χ0v) is 12.5. The van der Waals surface area contributed by atoms with E-state index in [0.29, 0.717) is 0 Å². The first-order valence-corrected chi connectivity index (χ1v) is 7.37. The van der Waals surface area contributed by atoms with Gasteiger partial charge in [-0.05, 0) is 63.4 Å². The van der Waals surface area contributed by atoms with E-state index in [1.165, 1.54) is 40.4 Å². The van der Waals surface area contributed by atoms with Crippen molar-refractivity contribution in [2.75, 3.05) is 13.1 Å². The van der Waals surface area contributed by atoms with E-state index in [0.717, 1.165) is 19.0 Å². The van der Waals surface area contributed by atoms with Gasteiger partial charge in [-0.1, -0.05) is 12.1 Å². The molecule has 1 aromatic heterocycles. The molecule has 0 saturated carbocycles. The van der Waals surface area contributed by atoms with Gasteiger partial charge in [-0.15, -0.1) is 0 Å². The quantitative estimate of drug-likeness (QED) is 0.825. The van der Waals surface area contributed by atoms with Gasteiger partial charge in [0.05, 0.1) is 5.52 Å². The van der Waals surface area contributed by atoms with Crippen LogP contribution in [0.25, 0.3) is 10.9 Å². The zero-order chi connectivity index (χ0) is 13.6. The van der Waals surface area contributed by atoms with E-state index in [2.05, 4.69) is 49.8 Å². The van der Waals surface area contributed by atoms with Gasteiger partial charge in [0.15, 0.2) is 0 Å². The highest BCUT2D eigenvalue weighted by Gasteiger charge is 2.23. The summed E-state index contributed by atoms with van der Waals surface area (Å²) in [5.74, 6) is 0.721. The molecule has 0 aliphatic carbocycles. The normalized spacial score (nSPS) is 17.3. The van der Waals surface area contributed by atoms with E-state index in [9.17, 15) is 0 Å². The van der Waals surface area contributed by atoms with E-state index in [4.69, 9.17) is 0 Å². The molecule has 0 amide bonds. The molecule has 2 heteroatoms. The predicted molar refractivity (Wildman–Crippen MR) is 82.0 cm³/mol. The second-order valence-corrected chi connectivity index (χ2v) is 6.00. The van der Waals surface area contributed by atoms with E-state index >= 15 is 0 Å². The number of aromatic nitrogens is 1. The van der Waals surface area contributed by atoms with Gasteiger partial charge in [0.1, 0.15) is 0 Å². The van der Waals surface area contributed by atoms with E-state index in [1.807, 2.05) is 0 Å². The lowest BCUT2D eigenvalue weighted by atomic mass is 9.92. The van der Waals surface area contributed by atoms with Crippen LogP contribution >= 0.6 is 0 Å². The number of fused-ring (bicyclic) bond motifs is 1. The molecule has 2 heterocycles. The Bertz CT molecular complexity index is 616. The summed E-state index contributed by atoms with van der Waals surface area (Å²) in [6.07, 6.45) is 2.53. The third-order valence-electron chi connectivity index (χ3n) is 4.91. The van der Waals surface area contributed by atoms with Gasteiger partial charge in [-0.3, -0.25) is 0 Å². The molecule has 1 aliphatic heterocycles. The van der Waals surface area contributed by atoms with Gasteiger partial charge < -0.3 is 9.88 Å². The van der Waals surface area contributed by atoms with Crippen LogP contribution in [-0.2, 0) is 7.05 Å². The van der Waals surface area contributed by atoms with E-state index in [1.54, 1.807) is 5.69 Å². The number of aryl methyl sites for hydroxylation is 4. The maximum absolute atomic E-state index is 3.47. The van der Waals surface area contributed by atoms with Crippen molar-refractivity contribution in [3.8, 4) is 0 Å². The fourth-order valence-corrected chi connectivity index (χ4v) is 3.72. The van der Waals surface area contributed by atoms with Crippen molar-refractivity contribution in [3.63, 3.8) is 0 Å². The maximum atomic E-state index is 3.47. The topological polar surface area (TPSA) is 17.0 Å². The molecule has 19 heavy (non-hydrogen) atoms. The molecule has 1 aliphatic rings. The van der Waals surface area contributed by atoms with Gasteiger partial charge in [0.2, 0.25) is 0 Å². The van der Waals surface area contributed by atoms with Crippen LogP contribution in [0.2, 0.25) is 0 Å². The Labute approximate surface area is 115 Å². The first kappa shape index (κ1) is 12.7. The predicted octanol–water partition coefficient (Wildman–Crippen LogP) is 3.57. The van der Waals surface area contributed by atoms with Crippen molar-refractivity contribution >= 4 is 10.9 Å². The highest BCUT2D eigenvalue weighted by Crippen LogP contribution is 2.35. The van der Waals surface area contributed by atoms with Crippen LogP contribution in [0.15, 0.2) is 12.1 Å². The van der Waals surface area contributed by atoms with Crippen molar-refractivity contribution in [2.24, 2.45) is 7.05 Å². The lowest BCUT2D eigenvalue weighted by Gasteiger charge is -2.24. The fourth-order valence-electron chi connectivity index (χ4n) is 3.72. The summed E-state index contributed by atoms with van der Waals surface area (Å²) in [5, 5.41) is 4.91. The number of piperidine rings is 1. The number of nitrogens with one attached hydrogen (secondary N) is 1. The van der Waals surface area contributed by atoms with Gasteiger partial charge in [0, 0.05) is 24.0 Å². The molecule has 0 bridgehead atoms. The highest BCUT2D eigenvalue weighted by atomic mass is 15.0. The van der Waals surface area contributed by atoms with Crippen LogP contribution in [0.1, 0.15) is 41.1 Å². The standard InChI is InChI=1S/C17H24N2/c1-11-5-6-15-13(3)16(14-7-9-18-10-8-14)19(4)17(15)12(11)2/h5-6,14,18H,7-10H2,1-4H3. The molecular weight excluding hydrogens is 232 g/mol. The van der Waals surface area contributed by atoms with Gasteiger partial charge in [0.25, 0.3) is 0 Å². The first-order valence-electron chi connectivity index (χ1n) is 7.37. The Morgan fingerprint density at radius 1 is 1.05 bits per heavy atom. The summed E-state index contributed by atoms with van der Waals surface area (Å²) in [6, 6.07) is 4.56. The summed E-state index contributed by atoms with van der Waals surface area (Å²) in [5.41, 5.74) is 7.32. The van der Waals surface area contributed by atoms with E-state index < -0.39 is 0 Å². The van der Waals surface area contributed by atoms with Crippen molar-refractivity contribution < 1.29 is 0 Å². The molecule has 3 rings (SSSR count). The Morgan fingerprint density at radius 3 is 2.42 bits per heavy atom. The molecule has 0 atom stereocenters. The first-order chi connectivity index (χ1) is 9.11. The number of hydrogen-bond donors (Lipinski definition) is 1. The minimum absolute atomic E-state index is 0.721. The Morgan fingerprint density at radius 2 is 1.74 bits per heavy atom. The largest absolute Gasteiger partial charge is 0.347 e. The molecule has 2 aromatic rings. The van der Waals surface area contributed by atoms with E-state index in [-0.39, 0.29) is 0 Å². The Kier molecular flexibility index (Phi) is 3.14. The molecular formula is C17H24N2. The summed E-state index contributed by atoms with van der Waals surface area (Å²) < 4.78 is 2.46. The van der Waals surface area contributed by atoms with Crippen molar-refractivity contribution in [1.29, 1.82) is 0 Å². The third kappa shape index (κ3) is 1.90. The summed E-state index contributed by atoms with van der Waals surface area (Å²) in [7, 11) is 2.25. The lowest BCUT2D eigenvalue weighted by molar-refractivity contribution is 0.445. The zero-order valence-electron chi connectivity index (χ0n) is 12.5. The number of rotatable bonds is 1. The molecule has 1 aromatic carbocycles. The number of benzene rings is 1. The Balaban J connectivity index is 2.22. The van der Waals surface area contributed by atoms with Crippen LogP contribution in [0.4, 0.5) is 0 Å². The van der Waals surface area contributed by atoms with Crippen molar-refractivity contribution in [3.05, 3.63) is 34.5 Å². The van der Waals surface area contributed by atoms with Crippen LogP contribution in [0.5, 0.6) is 0 Å². The lowest BCUT2D eigenvalue weighted by Crippen LogP contribution is -2.27. The molecule has 1 fully saturated rings. The molecule has 2 nitrogen and oxygen atoms in total. The van der Waals surface area contributed by atoms with Crippen molar-refractivity contribution in [2.45, 2.75) is 39.5 Å². The average Bonchev–Trinajstić information content (AvgIpc) is 2.67. The molecule has 1 saturated heterocycles. The average molecular weight is 256 g/mol. The minimum atomic E-state index is 0.721. The van der Waals surface area contributed by atoms with Crippen molar-refractivity contribution in [1.82, 2.24) is 9.88 Å². The third-order valence-corrected chi connectivity index (χ3v) is 4.91. The SMILES string of the molecule is Cc1ccc2c(C)c(C3CCNCC3)n(C)c2c1C. The van der Waals surface area contributed by atoms with Crippen LogP contribution in [0, 0.1) is 20.8 Å². The molecule has 0 spiro atoms. The van der Waals surface area contributed by atoms with Gasteiger partial charge in [-0.25, -0.2) is 0 Å². The molecule has 0 unspecified atom stereocenters. The summed E-state index contributed by atoms with van der Waals surface area (Å²) in [4.78, 5) is 0. The van der Waals surface area contributed by atoms with Crippen LogP contribution in [0.3, 0.4) is 0 Å². The second-order valence-electron chi connectivity index (χ2n) is 6.00. The summed E-state index contributed by atoms with van der Waals surface area (Å²) >= 11 is 0. The van der Waals surface area contributed by atoms with Gasteiger partial charge >= 0.3 is 0 Å². The second kappa shape index (κ2) is 4.68. The summed E-state index contributed by atoms with van der Waals surface area (Å²) in [6.45, 7) is 9.08. The number of hydrogen-bond acceptors (Lipinski definition) is 1. The smallest absolute Gasteiger partial charge is 0.0515 e. The maximum Gasteiger partial charge on any atom is 0.0515 e. The number of nitrogens with zero attached hydrogens (tertiary/aromatic N) is 1. The minimum Gasteiger partial charge on any atom is -0.347 e. The van der Waals surface area contributed by atoms with Gasteiger partial charge in [-0.2, -0.15) is 0 Å². The fraction of sp³-hybridized carbons (Fsp3) is 0.529. The molecule has 0 radical (unpaired) electrons. The highest BCUT2D eigenvalue weighted by molar-refractivity contribution is 5.89. The van der Waals surface area contributed by atoms with Crippen LogP contribution < -0.4 is 5.32 Å². The monoisotopic (exact) mass is 256 g/mol. The van der Waals surface area contributed by atoms with Crippen LogP contribution in [-0.4, -0.2) is 17.7 Å².